The van der Waals surface area contributed by atoms with Gasteiger partial charge in [-0.05, 0) is 38.1 Å². The molecule has 15 heteroatoms. The van der Waals surface area contributed by atoms with Crippen LogP contribution < -0.4 is 0 Å². The number of carbonyl (C=O) groups is 1. The lowest BCUT2D eigenvalue weighted by Gasteiger charge is -2.23. The van der Waals surface area contributed by atoms with Crippen LogP contribution in [0.15, 0.2) is 83.4 Å². The van der Waals surface area contributed by atoms with Gasteiger partial charge < -0.3 is 0 Å². The number of alkyl halides is 4. The Morgan fingerprint density at radius 2 is 0.975 bits per heavy atom. The first-order chi connectivity index (χ1) is 18.8. The maximum absolute atomic E-state index is 14.4. The van der Waals surface area contributed by atoms with Gasteiger partial charge in [0.1, 0.15) is 24.5 Å². The summed E-state index contributed by atoms with van der Waals surface area (Å²) in [6, 6.07) is 10.7. The Bertz CT molecular complexity index is 1610. The van der Waals surface area contributed by atoms with E-state index in [4.69, 9.17) is 0 Å². The monoisotopic (exact) mass is 598 g/mol. The summed E-state index contributed by atoms with van der Waals surface area (Å²) in [7, 11) is -9.12. The highest BCUT2D eigenvalue weighted by Gasteiger charge is 2.45. The molecule has 40 heavy (non-hydrogen) atoms. The van der Waals surface area contributed by atoms with Crippen LogP contribution in [0.2, 0.25) is 0 Å². The molecule has 0 aliphatic carbocycles. The minimum absolute atomic E-state index is 0.314. The summed E-state index contributed by atoms with van der Waals surface area (Å²) >= 11 is 0. The number of benzene rings is 2. The average Bonchev–Trinajstić information content (AvgIpc) is 3.55. The van der Waals surface area contributed by atoms with E-state index in [1.165, 1.54) is 48.5 Å². The molecule has 4 rings (SSSR count). The van der Waals surface area contributed by atoms with Crippen molar-refractivity contribution in [2.75, 3.05) is 0 Å². The highest BCUT2D eigenvalue weighted by atomic mass is 32.2. The van der Waals surface area contributed by atoms with Crippen molar-refractivity contribution < 1.29 is 39.2 Å². The molecule has 0 bridgehead atoms. The molecule has 0 aliphatic heterocycles. The van der Waals surface area contributed by atoms with E-state index in [-0.39, 0.29) is 9.79 Å². The highest BCUT2D eigenvalue weighted by Crippen LogP contribution is 2.36. The molecule has 9 nitrogen and oxygen atoms in total. The molecule has 0 aliphatic rings. The Balaban J connectivity index is 1.81. The predicted octanol–water partition coefficient (Wildman–Crippen LogP) is 4.14. The number of hydrogen-bond donors (Lipinski definition) is 0. The molecule has 2 aromatic heterocycles. The molecule has 2 atom stereocenters. The van der Waals surface area contributed by atoms with Gasteiger partial charge in [-0.1, -0.05) is 35.4 Å². The number of halogens is 4. The Kier molecular flexibility index (Phi) is 7.99. The third-order valence-corrected chi connectivity index (χ3v) is 9.56. The van der Waals surface area contributed by atoms with E-state index < -0.39 is 61.9 Å². The van der Waals surface area contributed by atoms with Gasteiger partial charge in [-0.2, -0.15) is 0 Å². The molecule has 0 fully saturated rings. The number of ketones is 1. The molecule has 212 valence electrons. The van der Waals surface area contributed by atoms with Crippen molar-refractivity contribution >= 4 is 25.8 Å². The molecule has 2 unspecified atom stereocenters. The summed E-state index contributed by atoms with van der Waals surface area (Å²) in [6.45, 7) is 3.39. The second-order valence-electron chi connectivity index (χ2n) is 8.89. The number of Topliss-reactive ketones (excluding diaryl/α,β-unsaturated/α-hetero) is 1. The Morgan fingerprint density at radius 1 is 0.650 bits per heavy atom. The molecule has 0 N–H and O–H groups in total. The molecule has 0 radical (unpaired) electrons. The number of carbonyl (C=O) groups excluding carboxylic acids is 1. The standard InChI is InChI=1S/C25H22F4N4O5S2/c1-15-3-7-17(8-4-15)39(35,36)32-13-30-11-19(32)21(24(26)27)23(34)22(25(28)29)20-12-31-14-33(20)40(37,38)18-9-5-16(2)6-10-18/h3-14,21-22,24-25H,1-2H3. The third kappa shape index (κ3) is 5.30. The van der Waals surface area contributed by atoms with Gasteiger partial charge in [-0.15, -0.1) is 0 Å². The van der Waals surface area contributed by atoms with Crippen molar-refractivity contribution in [2.45, 2.75) is 48.3 Å². The van der Waals surface area contributed by atoms with E-state index in [1.54, 1.807) is 13.8 Å². The topological polar surface area (TPSA) is 121 Å². The smallest absolute Gasteiger partial charge is 0.269 e. The lowest BCUT2D eigenvalue weighted by molar-refractivity contribution is -0.128. The van der Waals surface area contributed by atoms with Gasteiger partial charge in [0.2, 0.25) is 0 Å². The number of aromatic nitrogens is 4. The number of imidazole rings is 2. The lowest BCUT2D eigenvalue weighted by atomic mass is 9.89. The molecular weight excluding hydrogens is 576 g/mol. The Morgan fingerprint density at radius 3 is 1.27 bits per heavy atom. The minimum Gasteiger partial charge on any atom is -0.298 e. The largest absolute Gasteiger partial charge is 0.298 e. The molecule has 4 aromatic rings. The van der Waals surface area contributed by atoms with Crippen LogP contribution in [0.4, 0.5) is 17.6 Å². The van der Waals surface area contributed by atoms with Crippen molar-refractivity contribution in [3.8, 4) is 0 Å². The van der Waals surface area contributed by atoms with E-state index in [1.807, 2.05) is 0 Å². The van der Waals surface area contributed by atoms with Crippen LogP contribution in [0, 0.1) is 13.8 Å². The summed E-state index contributed by atoms with van der Waals surface area (Å²) in [5.41, 5.74) is -0.304. The van der Waals surface area contributed by atoms with E-state index in [2.05, 4.69) is 9.97 Å². The van der Waals surface area contributed by atoms with E-state index in [9.17, 15) is 39.2 Å². The summed E-state index contributed by atoms with van der Waals surface area (Å²) < 4.78 is 111. The Hall–Kier alpha value is -3.85. The zero-order valence-electron chi connectivity index (χ0n) is 20.9. The van der Waals surface area contributed by atoms with Crippen LogP contribution in [-0.2, 0) is 24.8 Å². The molecule has 0 spiro atoms. The van der Waals surface area contributed by atoms with Crippen LogP contribution in [0.5, 0.6) is 0 Å². The molecular formula is C25H22F4N4O5S2. The highest BCUT2D eigenvalue weighted by molar-refractivity contribution is 7.90. The van der Waals surface area contributed by atoms with Crippen molar-refractivity contribution in [3.05, 3.63) is 96.1 Å². The van der Waals surface area contributed by atoms with Crippen LogP contribution in [0.3, 0.4) is 0 Å². The number of rotatable bonds is 10. The van der Waals surface area contributed by atoms with E-state index in [0.717, 1.165) is 0 Å². The van der Waals surface area contributed by atoms with Crippen LogP contribution >= 0.6 is 0 Å². The fraction of sp³-hybridized carbons (Fsp3) is 0.240. The van der Waals surface area contributed by atoms with E-state index in [0.29, 0.717) is 44.1 Å². The fourth-order valence-corrected chi connectivity index (χ4v) is 6.71. The van der Waals surface area contributed by atoms with Gasteiger partial charge in [0.25, 0.3) is 32.9 Å². The van der Waals surface area contributed by atoms with E-state index >= 15 is 0 Å². The second-order valence-corrected chi connectivity index (χ2v) is 12.5. The second kappa shape index (κ2) is 11.0. The van der Waals surface area contributed by atoms with Crippen molar-refractivity contribution in [3.63, 3.8) is 0 Å². The van der Waals surface area contributed by atoms with Gasteiger partial charge >= 0.3 is 0 Å². The number of nitrogens with zero attached hydrogens (tertiary/aromatic N) is 4. The van der Waals surface area contributed by atoms with Crippen LogP contribution in [0.1, 0.15) is 34.4 Å². The van der Waals surface area contributed by atoms with Gasteiger partial charge in [0, 0.05) is 0 Å². The maximum Gasteiger partial charge on any atom is 0.269 e. The third-order valence-electron chi connectivity index (χ3n) is 6.18. The van der Waals surface area contributed by atoms with Gasteiger partial charge in [-0.3, -0.25) is 4.79 Å². The summed E-state index contributed by atoms with van der Waals surface area (Å²) in [5.74, 6) is -7.22. The normalized spacial score (nSPS) is 14.0. The maximum atomic E-state index is 14.4. The lowest BCUT2D eigenvalue weighted by Crippen LogP contribution is -2.34. The first-order valence-corrected chi connectivity index (χ1v) is 14.4. The molecule has 0 saturated carbocycles. The van der Waals surface area contributed by atoms with Gasteiger partial charge in [0.15, 0.2) is 5.78 Å². The zero-order valence-corrected chi connectivity index (χ0v) is 22.5. The quantitative estimate of drug-likeness (QED) is 0.252. The average molecular weight is 599 g/mol. The number of aryl methyl sites for hydroxylation is 2. The van der Waals surface area contributed by atoms with Gasteiger partial charge in [0.05, 0.1) is 33.6 Å². The van der Waals surface area contributed by atoms with Crippen molar-refractivity contribution in [1.29, 1.82) is 0 Å². The van der Waals surface area contributed by atoms with Crippen molar-refractivity contribution in [1.82, 2.24) is 17.9 Å². The first kappa shape index (κ1) is 29.1. The minimum atomic E-state index is -4.56. The summed E-state index contributed by atoms with van der Waals surface area (Å²) in [6.07, 6.45) is -4.61. The van der Waals surface area contributed by atoms with Gasteiger partial charge in [-0.25, -0.2) is 52.3 Å². The first-order valence-electron chi connectivity index (χ1n) is 11.6. The SMILES string of the molecule is Cc1ccc(S(=O)(=O)n2cncc2C(C(=O)C(c2cncn2S(=O)(=O)c2ccc(C)cc2)C(F)F)C(F)F)cc1. The molecule has 0 saturated heterocycles. The molecule has 0 amide bonds. The van der Waals surface area contributed by atoms with Crippen molar-refractivity contribution in [2.24, 2.45) is 0 Å². The summed E-state index contributed by atoms with van der Waals surface area (Å²) in [4.78, 5) is 20.0. The van der Waals surface area contributed by atoms with Crippen LogP contribution in [-0.4, -0.2) is 53.4 Å². The fourth-order valence-electron chi connectivity index (χ4n) is 4.06. The summed E-state index contributed by atoms with van der Waals surface area (Å²) in [5, 5.41) is 0. The predicted molar refractivity (Wildman–Crippen MR) is 134 cm³/mol. The Labute approximate surface area is 227 Å². The van der Waals surface area contributed by atoms with Crippen LogP contribution in [0.25, 0.3) is 0 Å². The molecule has 2 aromatic carbocycles. The zero-order chi connectivity index (χ0) is 29.4. The molecule has 2 heterocycles. The number of hydrogen-bond acceptors (Lipinski definition) is 7.